The smallest absolute Gasteiger partial charge is 0.0719 e. The third kappa shape index (κ3) is 2.34. The number of aryl methyl sites for hydroxylation is 1. The summed E-state index contributed by atoms with van der Waals surface area (Å²) in [6.45, 7) is 6.01. The Morgan fingerprint density at radius 2 is 2.14 bits per heavy atom. The van der Waals surface area contributed by atoms with Crippen molar-refractivity contribution in [2.45, 2.75) is 13.5 Å². The average Bonchev–Trinajstić information content (AvgIpc) is 2.12. The zero-order chi connectivity index (χ0) is 9.80. The van der Waals surface area contributed by atoms with Crippen LogP contribution < -0.4 is 5.32 Å². The van der Waals surface area contributed by atoms with Gasteiger partial charge in [-0.05, 0) is 18.1 Å². The van der Waals surface area contributed by atoms with E-state index in [2.05, 4.69) is 36.5 Å². The van der Waals surface area contributed by atoms with Crippen LogP contribution in [0.25, 0.3) is 0 Å². The van der Waals surface area contributed by atoms with Crippen molar-refractivity contribution in [2.75, 3.05) is 19.7 Å². The summed E-state index contributed by atoms with van der Waals surface area (Å²) >= 11 is 0. The van der Waals surface area contributed by atoms with Gasteiger partial charge in [0, 0.05) is 19.0 Å². The molecule has 0 radical (unpaired) electrons. The van der Waals surface area contributed by atoms with Crippen molar-refractivity contribution >= 4 is 0 Å². The number of ether oxygens (including phenoxy) is 1. The molecule has 0 atom stereocenters. The van der Waals surface area contributed by atoms with Crippen molar-refractivity contribution in [1.29, 1.82) is 0 Å². The Morgan fingerprint density at radius 1 is 1.36 bits per heavy atom. The fourth-order valence-corrected chi connectivity index (χ4v) is 1.57. The van der Waals surface area contributed by atoms with Gasteiger partial charge in [-0.25, -0.2) is 0 Å². The van der Waals surface area contributed by atoms with E-state index in [-0.39, 0.29) is 0 Å². The SMILES string of the molecule is Cc1ccccc1COCC1CNC1. The second-order valence-electron chi connectivity index (χ2n) is 3.97. The molecule has 1 fully saturated rings. The van der Waals surface area contributed by atoms with E-state index in [9.17, 15) is 0 Å². The molecule has 1 aliphatic rings. The van der Waals surface area contributed by atoms with Gasteiger partial charge in [0.25, 0.3) is 0 Å². The molecule has 1 N–H and O–H groups in total. The lowest BCUT2D eigenvalue weighted by Gasteiger charge is -2.26. The lowest BCUT2D eigenvalue weighted by atomic mass is 10.1. The molecule has 0 spiro atoms. The normalized spacial score (nSPS) is 16.6. The van der Waals surface area contributed by atoms with E-state index in [0.717, 1.165) is 32.2 Å². The zero-order valence-corrected chi connectivity index (χ0v) is 8.62. The van der Waals surface area contributed by atoms with Crippen molar-refractivity contribution in [3.05, 3.63) is 35.4 Å². The third-order valence-electron chi connectivity index (χ3n) is 2.74. The number of hydrogen-bond donors (Lipinski definition) is 1. The maximum Gasteiger partial charge on any atom is 0.0719 e. The second kappa shape index (κ2) is 4.58. The van der Waals surface area contributed by atoms with Gasteiger partial charge in [0.1, 0.15) is 0 Å². The number of hydrogen-bond acceptors (Lipinski definition) is 2. The summed E-state index contributed by atoms with van der Waals surface area (Å²) in [5.41, 5.74) is 2.62. The van der Waals surface area contributed by atoms with Gasteiger partial charge < -0.3 is 10.1 Å². The first-order valence-electron chi connectivity index (χ1n) is 5.19. The largest absolute Gasteiger partial charge is 0.376 e. The van der Waals surface area contributed by atoms with Gasteiger partial charge in [0.2, 0.25) is 0 Å². The van der Waals surface area contributed by atoms with Gasteiger partial charge in [0.15, 0.2) is 0 Å². The van der Waals surface area contributed by atoms with Crippen LogP contribution in [-0.2, 0) is 11.3 Å². The van der Waals surface area contributed by atoms with Crippen molar-refractivity contribution < 1.29 is 4.74 Å². The highest BCUT2D eigenvalue weighted by atomic mass is 16.5. The summed E-state index contributed by atoms with van der Waals surface area (Å²) in [5.74, 6) is 0.735. The minimum absolute atomic E-state index is 0.735. The van der Waals surface area contributed by atoms with Crippen molar-refractivity contribution in [1.82, 2.24) is 5.32 Å². The van der Waals surface area contributed by atoms with Crippen LogP contribution in [0, 0.1) is 12.8 Å². The summed E-state index contributed by atoms with van der Waals surface area (Å²) in [7, 11) is 0. The standard InChI is InChI=1S/C12H17NO/c1-10-4-2-3-5-12(10)9-14-8-11-6-13-7-11/h2-5,11,13H,6-9H2,1H3. The second-order valence-corrected chi connectivity index (χ2v) is 3.97. The minimum Gasteiger partial charge on any atom is -0.376 e. The van der Waals surface area contributed by atoms with E-state index in [4.69, 9.17) is 4.74 Å². The molecule has 2 nitrogen and oxygen atoms in total. The maximum atomic E-state index is 5.66. The first kappa shape index (κ1) is 9.69. The lowest BCUT2D eigenvalue weighted by Crippen LogP contribution is -2.44. The van der Waals surface area contributed by atoms with E-state index < -0.39 is 0 Å². The average molecular weight is 191 g/mol. The molecule has 1 aromatic rings. The minimum atomic E-state index is 0.735. The molecule has 1 heterocycles. The topological polar surface area (TPSA) is 21.3 Å². The first-order valence-corrected chi connectivity index (χ1v) is 5.19. The fourth-order valence-electron chi connectivity index (χ4n) is 1.57. The Labute approximate surface area is 85.3 Å². The Hall–Kier alpha value is -0.860. The summed E-state index contributed by atoms with van der Waals surface area (Å²) in [6, 6.07) is 8.39. The summed E-state index contributed by atoms with van der Waals surface area (Å²) < 4.78 is 5.66. The Balaban J connectivity index is 1.76. The van der Waals surface area contributed by atoms with Crippen LogP contribution in [0.3, 0.4) is 0 Å². The fraction of sp³-hybridized carbons (Fsp3) is 0.500. The van der Waals surface area contributed by atoms with E-state index >= 15 is 0 Å². The summed E-state index contributed by atoms with van der Waals surface area (Å²) in [4.78, 5) is 0. The van der Waals surface area contributed by atoms with Gasteiger partial charge in [0.05, 0.1) is 13.2 Å². The highest BCUT2D eigenvalue weighted by Crippen LogP contribution is 2.10. The summed E-state index contributed by atoms with van der Waals surface area (Å²) in [5, 5.41) is 3.24. The number of benzene rings is 1. The molecular formula is C12H17NO. The van der Waals surface area contributed by atoms with Crippen molar-refractivity contribution in [2.24, 2.45) is 5.92 Å². The van der Waals surface area contributed by atoms with Gasteiger partial charge in [-0.2, -0.15) is 0 Å². The number of rotatable bonds is 4. The van der Waals surface area contributed by atoms with E-state index in [0.29, 0.717) is 0 Å². The molecule has 0 saturated carbocycles. The monoisotopic (exact) mass is 191 g/mol. The molecule has 76 valence electrons. The van der Waals surface area contributed by atoms with Gasteiger partial charge >= 0.3 is 0 Å². The molecule has 14 heavy (non-hydrogen) atoms. The third-order valence-corrected chi connectivity index (χ3v) is 2.74. The summed E-state index contributed by atoms with van der Waals surface area (Å²) in [6.07, 6.45) is 0. The molecule has 2 heteroatoms. The molecule has 0 unspecified atom stereocenters. The Kier molecular flexibility index (Phi) is 3.17. The quantitative estimate of drug-likeness (QED) is 0.782. The number of nitrogens with one attached hydrogen (secondary N) is 1. The Bertz CT molecular complexity index is 294. The molecule has 0 amide bonds. The Morgan fingerprint density at radius 3 is 2.79 bits per heavy atom. The van der Waals surface area contributed by atoms with Crippen LogP contribution in [-0.4, -0.2) is 19.7 Å². The first-order chi connectivity index (χ1) is 6.86. The van der Waals surface area contributed by atoms with Gasteiger partial charge in [-0.15, -0.1) is 0 Å². The molecule has 2 rings (SSSR count). The predicted molar refractivity (Wildman–Crippen MR) is 57.2 cm³/mol. The molecular weight excluding hydrogens is 174 g/mol. The van der Waals surface area contributed by atoms with Crippen LogP contribution >= 0.6 is 0 Å². The van der Waals surface area contributed by atoms with Crippen LogP contribution in [0.15, 0.2) is 24.3 Å². The lowest BCUT2D eigenvalue weighted by molar-refractivity contribution is 0.0687. The maximum absolute atomic E-state index is 5.66. The van der Waals surface area contributed by atoms with Gasteiger partial charge in [-0.3, -0.25) is 0 Å². The molecule has 1 aliphatic heterocycles. The van der Waals surface area contributed by atoms with Crippen LogP contribution in [0.5, 0.6) is 0 Å². The van der Waals surface area contributed by atoms with Crippen LogP contribution in [0.4, 0.5) is 0 Å². The van der Waals surface area contributed by atoms with E-state index in [1.54, 1.807) is 0 Å². The van der Waals surface area contributed by atoms with Crippen LogP contribution in [0.1, 0.15) is 11.1 Å². The van der Waals surface area contributed by atoms with Crippen LogP contribution in [0.2, 0.25) is 0 Å². The molecule has 0 aliphatic carbocycles. The predicted octanol–water partition coefficient (Wildman–Crippen LogP) is 1.73. The molecule has 1 aromatic carbocycles. The van der Waals surface area contributed by atoms with Gasteiger partial charge in [-0.1, -0.05) is 24.3 Å². The van der Waals surface area contributed by atoms with Crippen molar-refractivity contribution in [3.8, 4) is 0 Å². The molecule has 1 saturated heterocycles. The molecule has 0 bridgehead atoms. The zero-order valence-electron chi connectivity index (χ0n) is 8.62. The highest BCUT2D eigenvalue weighted by molar-refractivity contribution is 5.24. The van der Waals surface area contributed by atoms with E-state index in [1.807, 2.05) is 0 Å². The van der Waals surface area contributed by atoms with Crippen molar-refractivity contribution in [3.63, 3.8) is 0 Å². The molecule has 0 aromatic heterocycles. The highest BCUT2D eigenvalue weighted by Gasteiger charge is 2.16. The van der Waals surface area contributed by atoms with E-state index in [1.165, 1.54) is 11.1 Å².